The maximum absolute atomic E-state index is 13.5. The number of nitrogens with zero attached hydrogens (tertiary/aromatic N) is 3. The fraction of sp³-hybridized carbons (Fsp3) is 0.148. The molecule has 0 aliphatic carbocycles. The molecule has 3 aromatic carbocycles. The smallest absolute Gasteiger partial charge is 0.251 e. The highest BCUT2D eigenvalue weighted by atomic mass is 35.5. The van der Waals surface area contributed by atoms with Crippen LogP contribution in [0.25, 0.3) is 10.8 Å². The van der Waals surface area contributed by atoms with Gasteiger partial charge in [-0.05, 0) is 52.2 Å². The van der Waals surface area contributed by atoms with E-state index >= 15 is 0 Å². The second kappa shape index (κ2) is 8.77. The van der Waals surface area contributed by atoms with E-state index in [4.69, 9.17) is 16.6 Å². The van der Waals surface area contributed by atoms with Crippen molar-refractivity contribution in [1.82, 2.24) is 4.98 Å². The molecule has 1 N–H and O–H groups in total. The van der Waals surface area contributed by atoms with Crippen molar-refractivity contribution in [2.45, 2.75) is 19.1 Å². The van der Waals surface area contributed by atoms with Crippen molar-refractivity contribution in [3.05, 3.63) is 106 Å². The highest BCUT2D eigenvalue weighted by molar-refractivity contribution is 6.32. The molecule has 0 spiro atoms. The summed E-state index contributed by atoms with van der Waals surface area (Å²) in [7, 11) is 1.76. The third-order valence-corrected chi connectivity index (χ3v) is 6.20. The molecule has 0 saturated heterocycles. The van der Waals surface area contributed by atoms with Gasteiger partial charge in [0.25, 0.3) is 5.91 Å². The van der Waals surface area contributed by atoms with E-state index in [2.05, 4.69) is 29.2 Å². The van der Waals surface area contributed by atoms with Gasteiger partial charge in [0.15, 0.2) is 0 Å². The molecule has 5 rings (SSSR count). The maximum Gasteiger partial charge on any atom is 0.251 e. The number of fused-ring (bicyclic) bond motifs is 2. The Kier molecular flexibility index (Phi) is 5.67. The number of aromatic nitrogens is 1. The van der Waals surface area contributed by atoms with Crippen molar-refractivity contribution in [2.24, 2.45) is 4.99 Å². The van der Waals surface area contributed by atoms with Crippen molar-refractivity contribution in [3.63, 3.8) is 0 Å². The molecule has 1 aliphatic heterocycles. The van der Waals surface area contributed by atoms with Gasteiger partial charge in [0.1, 0.15) is 6.04 Å². The summed E-state index contributed by atoms with van der Waals surface area (Å²) in [5, 5.41) is 12.5. The lowest BCUT2D eigenvalue weighted by molar-refractivity contribution is -0.119. The average Bonchev–Trinajstić information content (AvgIpc) is 2.94. The second-order valence-corrected chi connectivity index (χ2v) is 8.58. The van der Waals surface area contributed by atoms with Crippen LogP contribution >= 0.6 is 11.6 Å². The second-order valence-electron chi connectivity index (χ2n) is 8.15. The number of likely N-dealkylation sites (N-methyl/N-ethyl adjacent to an activating group) is 1. The number of rotatable bonds is 4. The van der Waals surface area contributed by atoms with Crippen molar-refractivity contribution < 1.29 is 9.90 Å². The minimum atomic E-state index is -0.628. The number of pyridine rings is 1. The molecule has 33 heavy (non-hydrogen) atoms. The van der Waals surface area contributed by atoms with Gasteiger partial charge in [-0.1, -0.05) is 54.1 Å². The summed E-state index contributed by atoms with van der Waals surface area (Å²) < 4.78 is 0. The molecule has 1 atom stereocenters. The van der Waals surface area contributed by atoms with Crippen LogP contribution < -0.4 is 4.90 Å². The van der Waals surface area contributed by atoms with Crippen LogP contribution in [0.2, 0.25) is 5.02 Å². The minimum Gasteiger partial charge on any atom is -0.392 e. The molecule has 4 aromatic rings. The van der Waals surface area contributed by atoms with Crippen molar-refractivity contribution >= 4 is 39.7 Å². The number of aliphatic hydroxyl groups is 1. The van der Waals surface area contributed by atoms with Crippen molar-refractivity contribution in [2.75, 3.05) is 11.9 Å². The van der Waals surface area contributed by atoms with Crippen molar-refractivity contribution in [3.8, 4) is 0 Å². The number of aliphatic hydroxyl groups excluding tert-OH is 1. The molecule has 5 nitrogen and oxygen atoms in total. The van der Waals surface area contributed by atoms with Gasteiger partial charge in [-0.25, -0.2) is 0 Å². The summed E-state index contributed by atoms with van der Waals surface area (Å²) in [6.07, 6.45) is 2.10. The van der Waals surface area contributed by atoms with Crippen LogP contribution in [-0.4, -0.2) is 34.8 Å². The van der Waals surface area contributed by atoms with Gasteiger partial charge >= 0.3 is 0 Å². The summed E-state index contributed by atoms with van der Waals surface area (Å²) in [6, 6.07) is 22.7. The predicted molar refractivity (Wildman–Crippen MR) is 132 cm³/mol. The van der Waals surface area contributed by atoms with Gasteiger partial charge in [0.2, 0.25) is 0 Å². The lowest BCUT2D eigenvalue weighted by Crippen LogP contribution is -2.36. The molecular weight excluding hydrogens is 434 g/mol. The summed E-state index contributed by atoms with van der Waals surface area (Å²) in [5.74, 6) is -0.0972. The predicted octanol–water partition coefficient (Wildman–Crippen LogP) is 4.81. The third-order valence-electron chi connectivity index (χ3n) is 5.97. The lowest BCUT2D eigenvalue weighted by atomic mass is 10.0. The van der Waals surface area contributed by atoms with E-state index in [1.165, 1.54) is 0 Å². The van der Waals surface area contributed by atoms with Gasteiger partial charge in [-0.3, -0.25) is 14.8 Å². The molecule has 6 heteroatoms. The number of benzodiazepines with no additional fused rings is 1. The third kappa shape index (κ3) is 4.13. The van der Waals surface area contributed by atoms with Gasteiger partial charge in [-0.2, -0.15) is 0 Å². The summed E-state index contributed by atoms with van der Waals surface area (Å²) in [6.45, 7) is -0.107. The largest absolute Gasteiger partial charge is 0.392 e. The topological polar surface area (TPSA) is 65.8 Å². The lowest BCUT2D eigenvalue weighted by Gasteiger charge is -2.20. The van der Waals surface area contributed by atoms with Crippen LogP contribution in [0.4, 0.5) is 5.69 Å². The first-order chi connectivity index (χ1) is 16.0. The quantitative estimate of drug-likeness (QED) is 0.480. The molecular formula is C27H22ClN3O2. The van der Waals surface area contributed by atoms with Crippen LogP contribution in [0, 0.1) is 0 Å². The first kappa shape index (κ1) is 21.3. The highest BCUT2D eigenvalue weighted by Crippen LogP contribution is 2.31. The molecule has 0 radical (unpaired) electrons. The average molecular weight is 456 g/mol. The van der Waals surface area contributed by atoms with Crippen LogP contribution in [0.1, 0.15) is 22.4 Å². The molecule has 2 heterocycles. The normalized spacial score (nSPS) is 15.8. The van der Waals surface area contributed by atoms with E-state index in [9.17, 15) is 9.90 Å². The maximum atomic E-state index is 13.5. The number of carbonyl (C=O) groups excluding carboxylic acids is 1. The fourth-order valence-corrected chi connectivity index (χ4v) is 4.41. The summed E-state index contributed by atoms with van der Waals surface area (Å²) >= 11 is 6.33. The molecule has 1 aromatic heterocycles. The number of hydrogen-bond acceptors (Lipinski definition) is 4. The first-order valence-corrected chi connectivity index (χ1v) is 11.1. The number of aliphatic imine (C=N–C) groups is 1. The number of carbonyl (C=O) groups is 1. The summed E-state index contributed by atoms with van der Waals surface area (Å²) in [4.78, 5) is 24.6. The van der Waals surface area contributed by atoms with E-state index in [1.807, 2.05) is 30.3 Å². The molecule has 164 valence electrons. The molecule has 1 aliphatic rings. The zero-order chi connectivity index (χ0) is 22.9. The van der Waals surface area contributed by atoms with Gasteiger partial charge < -0.3 is 10.0 Å². The molecule has 0 fully saturated rings. The number of benzene rings is 3. The monoisotopic (exact) mass is 455 g/mol. The van der Waals surface area contributed by atoms with E-state index in [1.54, 1.807) is 36.3 Å². The Morgan fingerprint density at radius 1 is 0.970 bits per heavy atom. The zero-order valence-electron chi connectivity index (χ0n) is 18.1. The highest BCUT2D eigenvalue weighted by Gasteiger charge is 2.30. The molecule has 0 bridgehead atoms. The summed E-state index contributed by atoms with van der Waals surface area (Å²) in [5.41, 5.74) is 4.40. The number of anilines is 1. The molecule has 1 unspecified atom stereocenters. The van der Waals surface area contributed by atoms with Crippen LogP contribution in [-0.2, 0) is 17.8 Å². The number of hydrogen-bond donors (Lipinski definition) is 1. The number of amides is 1. The molecule has 0 saturated carbocycles. The standard InChI is InChI=1S/C27H22ClN3O2/c1-31-25-9-8-21(28)15-22(25)26(23-14-18(16-32)10-11-29-23)30-24(27(31)33)13-17-6-7-19-4-2-3-5-20(19)12-17/h2-12,14-15,24,32H,13,16H2,1H3. The van der Waals surface area contributed by atoms with Crippen molar-refractivity contribution in [1.29, 1.82) is 0 Å². The Morgan fingerprint density at radius 3 is 2.61 bits per heavy atom. The Hall–Kier alpha value is -3.54. The molecule has 1 amide bonds. The van der Waals surface area contributed by atoms with Crippen LogP contribution in [0.15, 0.2) is 84.0 Å². The van der Waals surface area contributed by atoms with Crippen LogP contribution in [0.5, 0.6) is 0 Å². The van der Waals surface area contributed by atoms with E-state index in [-0.39, 0.29) is 12.5 Å². The van der Waals surface area contributed by atoms with Gasteiger partial charge in [0, 0.05) is 30.3 Å². The van der Waals surface area contributed by atoms with Gasteiger partial charge in [0.05, 0.1) is 23.7 Å². The Morgan fingerprint density at radius 2 is 1.79 bits per heavy atom. The van der Waals surface area contributed by atoms with E-state index in [0.29, 0.717) is 22.8 Å². The van der Waals surface area contributed by atoms with E-state index < -0.39 is 6.04 Å². The zero-order valence-corrected chi connectivity index (χ0v) is 18.8. The fourth-order valence-electron chi connectivity index (χ4n) is 4.24. The van der Waals surface area contributed by atoms with Gasteiger partial charge in [-0.15, -0.1) is 0 Å². The Labute approximate surface area is 197 Å². The first-order valence-electron chi connectivity index (χ1n) is 10.7. The SMILES string of the molecule is CN1C(=O)C(Cc2ccc3ccccc3c2)N=C(c2cc(CO)ccn2)c2cc(Cl)ccc21. The van der Waals surface area contributed by atoms with Crippen LogP contribution in [0.3, 0.4) is 0 Å². The van der Waals surface area contributed by atoms with E-state index in [0.717, 1.165) is 33.2 Å². The minimum absolute atomic E-state index is 0.0972. The Balaban J connectivity index is 1.64. The Bertz CT molecular complexity index is 1400. The number of halogens is 1.